The molecule has 19 heavy (non-hydrogen) atoms. The lowest BCUT2D eigenvalue weighted by Gasteiger charge is -2.13. The van der Waals surface area contributed by atoms with Crippen LogP contribution in [0.2, 0.25) is 0 Å². The lowest BCUT2D eigenvalue weighted by atomic mass is 10.1. The average Bonchev–Trinajstić information content (AvgIpc) is 2.94. The SMILES string of the molecule is CC(C)n1c(CCC2CCCO2)nnc1S(=O)(=O)Cl. The molecule has 1 aromatic heterocycles. The average molecular weight is 308 g/mol. The Morgan fingerprint density at radius 3 is 2.74 bits per heavy atom. The third-order valence-corrected chi connectivity index (χ3v) is 4.31. The number of rotatable bonds is 5. The zero-order valence-electron chi connectivity index (χ0n) is 11.0. The van der Waals surface area contributed by atoms with Crippen molar-refractivity contribution in [1.29, 1.82) is 0 Å². The Hall–Kier alpha value is -0.660. The Labute approximate surface area is 117 Å². The van der Waals surface area contributed by atoms with E-state index in [4.69, 9.17) is 15.4 Å². The number of hydrogen-bond acceptors (Lipinski definition) is 5. The molecule has 1 saturated heterocycles. The van der Waals surface area contributed by atoms with Crippen molar-refractivity contribution in [3.05, 3.63) is 5.82 Å². The van der Waals surface area contributed by atoms with Gasteiger partial charge in [-0.05, 0) is 33.1 Å². The minimum Gasteiger partial charge on any atom is -0.378 e. The van der Waals surface area contributed by atoms with Gasteiger partial charge in [0, 0.05) is 29.8 Å². The summed E-state index contributed by atoms with van der Waals surface area (Å²) in [6, 6.07) is -0.0574. The van der Waals surface area contributed by atoms with Crippen molar-refractivity contribution in [1.82, 2.24) is 14.8 Å². The molecule has 1 aromatic rings. The van der Waals surface area contributed by atoms with Crippen LogP contribution in [0.4, 0.5) is 0 Å². The number of halogens is 1. The van der Waals surface area contributed by atoms with Gasteiger partial charge in [0.25, 0.3) is 14.2 Å². The van der Waals surface area contributed by atoms with Gasteiger partial charge in [-0.15, -0.1) is 10.2 Å². The fourth-order valence-electron chi connectivity index (χ4n) is 2.32. The maximum atomic E-state index is 11.4. The first-order valence-corrected chi connectivity index (χ1v) is 8.70. The van der Waals surface area contributed by atoms with Gasteiger partial charge in [0.15, 0.2) is 0 Å². The highest BCUT2D eigenvalue weighted by Gasteiger charge is 2.25. The van der Waals surface area contributed by atoms with E-state index in [0.29, 0.717) is 12.2 Å². The van der Waals surface area contributed by atoms with Crippen LogP contribution in [0.1, 0.15) is 45.0 Å². The van der Waals surface area contributed by atoms with Gasteiger partial charge in [0.05, 0.1) is 6.10 Å². The van der Waals surface area contributed by atoms with Crippen LogP contribution in [-0.2, 0) is 20.2 Å². The minimum absolute atomic E-state index is 0.0574. The van der Waals surface area contributed by atoms with Crippen LogP contribution >= 0.6 is 10.7 Å². The molecule has 8 heteroatoms. The standard InChI is InChI=1S/C11H18ClN3O3S/c1-8(2)15-10(6-5-9-4-3-7-18-9)13-14-11(15)19(12,16)17/h8-9H,3-7H2,1-2H3. The van der Waals surface area contributed by atoms with E-state index in [-0.39, 0.29) is 17.3 Å². The number of nitrogens with zero attached hydrogens (tertiary/aromatic N) is 3. The summed E-state index contributed by atoms with van der Waals surface area (Å²) in [7, 11) is 1.51. The van der Waals surface area contributed by atoms with E-state index in [9.17, 15) is 8.42 Å². The fraction of sp³-hybridized carbons (Fsp3) is 0.818. The Kier molecular flexibility index (Phi) is 4.47. The second-order valence-electron chi connectivity index (χ2n) is 4.97. The summed E-state index contributed by atoms with van der Waals surface area (Å²) in [5.41, 5.74) is 0. The van der Waals surface area contributed by atoms with Crippen molar-refractivity contribution < 1.29 is 13.2 Å². The largest absolute Gasteiger partial charge is 0.378 e. The van der Waals surface area contributed by atoms with E-state index >= 15 is 0 Å². The van der Waals surface area contributed by atoms with Crippen molar-refractivity contribution in [2.45, 2.75) is 56.8 Å². The van der Waals surface area contributed by atoms with E-state index in [2.05, 4.69) is 10.2 Å². The van der Waals surface area contributed by atoms with Gasteiger partial charge >= 0.3 is 0 Å². The third kappa shape index (κ3) is 3.46. The molecular weight excluding hydrogens is 290 g/mol. The van der Waals surface area contributed by atoms with Crippen LogP contribution in [0.5, 0.6) is 0 Å². The first-order chi connectivity index (χ1) is 8.89. The molecule has 0 saturated carbocycles. The van der Waals surface area contributed by atoms with Crippen molar-refractivity contribution in [3.63, 3.8) is 0 Å². The van der Waals surface area contributed by atoms with E-state index < -0.39 is 9.05 Å². The first kappa shape index (κ1) is 14.7. The number of aryl methyl sites for hydroxylation is 1. The van der Waals surface area contributed by atoms with Crippen molar-refractivity contribution in [2.75, 3.05) is 6.61 Å². The summed E-state index contributed by atoms with van der Waals surface area (Å²) in [6.45, 7) is 4.57. The lowest BCUT2D eigenvalue weighted by molar-refractivity contribution is 0.104. The molecule has 1 unspecified atom stereocenters. The Morgan fingerprint density at radius 1 is 1.47 bits per heavy atom. The highest BCUT2D eigenvalue weighted by atomic mass is 35.7. The minimum atomic E-state index is -3.86. The van der Waals surface area contributed by atoms with Crippen molar-refractivity contribution >= 4 is 19.7 Å². The molecular formula is C11H18ClN3O3S. The molecule has 0 aliphatic carbocycles. The summed E-state index contributed by atoms with van der Waals surface area (Å²) >= 11 is 0. The van der Waals surface area contributed by atoms with Crippen LogP contribution < -0.4 is 0 Å². The Balaban J connectivity index is 2.18. The monoisotopic (exact) mass is 307 g/mol. The molecule has 1 aliphatic heterocycles. The Morgan fingerprint density at radius 2 is 2.21 bits per heavy atom. The van der Waals surface area contributed by atoms with E-state index in [0.717, 1.165) is 25.9 Å². The van der Waals surface area contributed by atoms with Crippen LogP contribution in [0.3, 0.4) is 0 Å². The quantitative estimate of drug-likeness (QED) is 0.777. The van der Waals surface area contributed by atoms with Gasteiger partial charge in [-0.1, -0.05) is 0 Å². The Bertz CT molecular complexity index is 535. The lowest BCUT2D eigenvalue weighted by Crippen LogP contribution is -2.14. The predicted octanol–water partition coefficient (Wildman–Crippen LogP) is 1.90. The molecule has 0 aromatic carbocycles. The zero-order valence-corrected chi connectivity index (χ0v) is 12.6. The summed E-state index contributed by atoms with van der Waals surface area (Å²) in [6.07, 6.45) is 3.85. The van der Waals surface area contributed by atoms with Gasteiger partial charge in [0.1, 0.15) is 5.82 Å². The normalized spacial score (nSPS) is 20.3. The fourth-order valence-corrected chi connectivity index (χ4v) is 3.33. The van der Waals surface area contributed by atoms with Gasteiger partial charge in [-0.2, -0.15) is 0 Å². The third-order valence-electron chi connectivity index (χ3n) is 3.18. The second kappa shape index (κ2) is 5.76. The van der Waals surface area contributed by atoms with E-state index in [1.165, 1.54) is 0 Å². The molecule has 6 nitrogen and oxygen atoms in total. The molecule has 0 spiro atoms. The maximum absolute atomic E-state index is 11.4. The molecule has 2 heterocycles. The van der Waals surface area contributed by atoms with Crippen LogP contribution in [0.25, 0.3) is 0 Å². The van der Waals surface area contributed by atoms with Crippen LogP contribution in [0.15, 0.2) is 5.16 Å². The van der Waals surface area contributed by atoms with Crippen LogP contribution in [-0.4, -0.2) is 35.9 Å². The highest BCUT2D eigenvalue weighted by molar-refractivity contribution is 8.13. The molecule has 0 N–H and O–H groups in total. The van der Waals surface area contributed by atoms with Crippen molar-refractivity contribution in [3.8, 4) is 0 Å². The highest BCUT2D eigenvalue weighted by Crippen LogP contribution is 2.22. The molecule has 1 aliphatic rings. The smallest absolute Gasteiger partial charge is 0.296 e. The molecule has 108 valence electrons. The molecule has 0 amide bonds. The molecule has 2 rings (SSSR count). The van der Waals surface area contributed by atoms with Gasteiger partial charge in [-0.25, -0.2) is 8.42 Å². The molecule has 0 radical (unpaired) electrons. The predicted molar refractivity (Wildman–Crippen MR) is 70.7 cm³/mol. The molecule has 0 bridgehead atoms. The molecule has 1 atom stereocenters. The number of aromatic nitrogens is 3. The number of ether oxygens (including phenoxy) is 1. The van der Waals surface area contributed by atoms with Gasteiger partial charge < -0.3 is 4.74 Å². The van der Waals surface area contributed by atoms with E-state index in [1.807, 2.05) is 13.8 Å². The summed E-state index contributed by atoms with van der Waals surface area (Å²) < 4.78 is 30.0. The number of hydrogen-bond donors (Lipinski definition) is 0. The van der Waals surface area contributed by atoms with Gasteiger partial charge in [0.2, 0.25) is 0 Å². The maximum Gasteiger partial charge on any atom is 0.296 e. The topological polar surface area (TPSA) is 74.1 Å². The summed E-state index contributed by atoms with van der Waals surface area (Å²) in [5.74, 6) is 0.643. The van der Waals surface area contributed by atoms with Gasteiger partial charge in [-0.3, -0.25) is 4.57 Å². The van der Waals surface area contributed by atoms with Crippen LogP contribution in [0, 0.1) is 0 Å². The molecule has 1 fully saturated rings. The van der Waals surface area contributed by atoms with E-state index in [1.54, 1.807) is 4.57 Å². The first-order valence-electron chi connectivity index (χ1n) is 6.39. The van der Waals surface area contributed by atoms with Crippen molar-refractivity contribution in [2.24, 2.45) is 0 Å². The zero-order chi connectivity index (χ0) is 14.0. The summed E-state index contributed by atoms with van der Waals surface area (Å²) in [4.78, 5) is 0. The second-order valence-corrected chi connectivity index (χ2v) is 7.43. The summed E-state index contributed by atoms with van der Waals surface area (Å²) in [5, 5.41) is 7.49.